The van der Waals surface area contributed by atoms with Gasteiger partial charge in [0.2, 0.25) is 5.91 Å². The second-order valence-electron chi connectivity index (χ2n) is 9.11. The molecule has 2 aromatic carbocycles. The van der Waals surface area contributed by atoms with Crippen LogP contribution in [0.25, 0.3) is 0 Å². The van der Waals surface area contributed by atoms with Crippen LogP contribution in [0.15, 0.2) is 53.4 Å². The third-order valence-electron chi connectivity index (χ3n) is 6.31. The number of aromatic carboxylic acids is 1. The van der Waals surface area contributed by atoms with Crippen molar-refractivity contribution in [1.29, 1.82) is 0 Å². The number of nitrogens with zero attached hydrogens (tertiary/aromatic N) is 3. The maximum atomic E-state index is 12.9. The number of nitrogens with one attached hydrogen (secondary N) is 1. The Bertz CT molecular complexity index is 1310. The van der Waals surface area contributed by atoms with E-state index in [-0.39, 0.29) is 22.1 Å². The van der Waals surface area contributed by atoms with Crippen molar-refractivity contribution in [1.82, 2.24) is 9.80 Å². The Balaban J connectivity index is 0.000000559. The normalized spacial score (nSPS) is 16.2. The van der Waals surface area contributed by atoms with E-state index < -0.39 is 28.1 Å². The van der Waals surface area contributed by atoms with Crippen LogP contribution in [0.4, 0.5) is 24.5 Å². The standard InChI is InChI=1S/C23H28N4O5S.C2HF3O2/c28-22(27-10-4-5-11-27)17-25-12-14-26(15-13-25)21-9-8-18(23(29)30)16-20(21)24-33(31,32)19-6-2-1-3-7-19;3-2(4,5)1(6)7/h1-3,6-9,16,24H,4-5,10-15,17H2,(H,29,30);(H,6,7). The van der Waals surface area contributed by atoms with Crippen LogP contribution in [0.3, 0.4) is 0 Å². The molecule has 0 aromatic heterocycles. The van der Waals surface area contributed by atoms with E-state index in [0.717, 1.165) is 25.9 Å². The molecule has 2 aliphatic heterocycles. The molecule has 2 heterocycles. The summed E-state index contributed by atoms with van der Waals surface area (Å²) in [5.41, 5.74) is 0.838. The predicted octanol–water partition coefficient (Wildman–Crippen LogP) is 2.56. The van der Waals surface area contributed by atoms with Gasteiger partial charge < -0.3 is 20.0 Å². The Labute approximate surface area is 228 Å². The zero-order valence-electron chi connectivity index (χ0n) is 21.3. The number of alkyl halides is 3. The summed E-state index contributed by atoms with van der Waals surface area (Å²) >= 11 is 0. The van der Waals surface area contributed by atoms with Crippen molar-refractivity contribution in [2.75, 3.05) is 55.4 Å². The fourth-order valence-corrected chi connectivity index (χ4v) is 5.32. The number of likely N-dealkylation sites (tertiary alicyclic amines) is 1. The quantitative estimate of drug-likeness (QED) is 0.445. The zero-order valence-corrected chi connectivity index (χ0v) is 22.1. The van der Waals surface area contributed by atoms with Crippen LogP contribution in [0.2, 0.25) is 0 Å². The first-order valence-corrected chi connectivity index (χ1v) is 13.8. The van der Waals surface area contributed by atoms with Gasteiger partial charge in [-0.25, -0.2) is 18.0 Å². The lowest BCUT2D eigenvalue weighted by atomic mass is 10.1. The molecule has 3 N–H and O–H groups in total. The van der Waals surface area contributed by atoms with E-state index in [2.05, 4.69) is 9.62 Å². The highest BCUT2D eigenvalue weighted by Gasteiger charge is 2.38. The second-order valence-corrected chi connectivity index (χ2v) is 10.8. The second kappa shape index (κ2) is 13.0. The third kappa shape index (κ3) is 8.32. The highest BCUT2D eigenvalue weighted by atomic mass is 32.2. The summed E-state index contributed by atoms with van der Waals surface area (Å²) in [6.07, 6.45) is -2.96. The summed E-state index contributed by atoms with van der Waals surface area (Å²) in [7, 11) is -3.88. The number of carboxylic acid groups (broad SMARTS) is 2. The molecule has 15 heteroatoms. The number of halogens is 3. The number of anilines is 2. The van der Waals surface area contributed by atoms with E-state index in [0.29, 0.717) is 38.4 Å². The van der Waals surface area contributed by atoms with Gasteiger partial charge >= 0.3 is 18.1 Å². The Morgan fingerprint density at radius 3 is 1.98 bits per heavy atom. The number of carbonyl (C=O) groups is 3. The molecule has 0 atom stereocenters. The highest BCUT2D eigenvalue weighted by molar-refractivity contribution is 7.92. The van der Waals surface area contributed by atoms with Crippen molar-refractivity contribution >= 4 is 39.2 Å². The molecule has 2 saturated heterocycles. The van der Waals surface area contributed by atoms with Gasteiger partial charge in [-0.3, -0.25) is 14.4 Å². The number of aliphatic carboxylic acids is 1. The molecule has 218 valence electrons. The minimum absolute atomic E-state index is 0.000595. The van der Waals surface area contributed by atoms with Crippen LogP contribution in [0, 0.1) is 0 Å². The van der Waals surface area contributed by atoms with E-state index in [4.69, 9.17) is 9.90 Å². The van der Waals surface area contributed by atoms with Crippen molar-refractivity contribution in [2.45, 2.75) is 23.9 Å². The van der Waals surface area contributed by atoms with Crippen LogP contribution in [-0.2, 0) is 19.6 Å². The molecular formula is C25H29F3N4O7S. The van der Waals surface area contributed by atoms with E-state index in [1.54, 1.807) is 24.3 Å². The number of sulfonamides is 1. The molecule has 2 aliphatic rings. The van der Waals surface area contributed by atoms with Gasteiger partial charge in [0.25, 0.3) is 10.0 Å². The molecule has 0 spiro atoms. The lowest BCUT2D eigenvalue weighted by Crippen LogP contribution is -2.50. The molecule has 2 aromatic rings. The van der Waals surface area contributed by atoms with Crippen molar-refractivity contribution in [2.24, 2.45) is 0 Å². The Morgan fingerprint density at radius 1 is 0.875 bits per heavy atom. The maximum absolute atomic E-state index is 12.9. The molecule has 40 heavy (non-hydrogen) atoms. The van der Waals surface area contributed by atoms with E-state index >= 15 is 0 Å². The topological polar surface area (TPSA) is 148 Å². The van der Waals surface area contributed by atoms with E-state index in [1.807, 2.05) is 9.80 Å². The summed E-state index contributed by atoms with van der Waals surface area (Å²) in [5, 5.41) is 16.5. The van der Waals surface area contributed by atoms with Gasteiger partial charge in [0, 0.05) is 39.3 Å². The first-order chi connectivity index (χ1) is 18.8. The molecule has 0 saturated carbocycles. The van der Waals surface area contributed by atoms with Crippen molar-refractivity contribution in [3.63, 3.8) is 0 Å². The van der Waals surface area contributed by atoms with Gasteiger partial charge in [-0.15, -0.1) is 0 Å². The number of hydrogen-bond acceptors (Lipinski definition) is 7. The summed E-state index contributed by atoms with van der Waals surface area (Å²) in [5.74, 6) is -3.73. The van der Waals surface area contributed by atoms with Gasteiger partial charge in [-0.05, 0) is 43.2 Å². The van der Waals surface area contributed by atoms with Crippen molar-refractivity contribution in [3.8, 4) is 0 Å². The van der Waals surface area contributed by atoms with Gasteiger partial charge in [-0.2, -0.15) is 13.2 Å². The fraction of sp³-hybridized carbons (Fsp3) is 0.400. The van der Waals surface area contributed by atoms with Crippen LogP contribution in [-0.4, -0.2) is 98.3 Å². The van der Waals surface area contributed by atoms with Gasteiger partial charge in [0.05, 0.1) is 28.4 Å². The maximum Gasteiger partial charge on any atom is 0.490 e. The fourth-order valence-electron chi connectivity index (χ4n) is 4.23. The summed E-state index contributed by atoms with van der Waals surface area (Å²) in [4.78, 5) is 39.0. The first-order valence-electron chi connectivity index (χ1n) is 12.3. The predicted molar refractivity (Wildman–Crippen MR) is 139 cm³/mol. The minimum atomic E-state index is -5.08. The number of carboxylic acids is 2. The van der Waals surface area contributed by atoms with Gasteiger partial charge in [-0.1, -0.05) is 18.2 Å². The molecule has 1 amide bonds. The molecule has 0 unspecified atom stereocenters. The number of piperazine rings is 1. The smallest absolute Gasteiger partial charge is 0.478 e. The number of benzene rings is 2. The van der Waals surface area contributed by atoms with Crippen LogP contribution < -0.4 is 9.62 Å². The highest BCUT2D eigenvalue weighted by Crippen LogP contribution is 2.30. The third-order valence-corrected chi connectivity index (χ3v) is 7.70. The van der Waals surface area contributed by atoms with Gasteiger partial charge in [0.15, 0.2) is 0 Å². The van der Waals surface area contributed by atoms with Crippen LogP contribution in [0.5, 0.6) is 0 Å². The molecule has 0 bridgehead atoms. The summed E-state index contributed by atoms with van der Waals surface area (Å²) < 4.78 is 60.1. The Hall–Kier alpha value is -3.85. The van der Waals surface area contributed by atoms with Crippen LogP contribution in [0.1, 0.15) is 23.2 Å². The lowest BCUT2D eigenvalue weighted by molar-refractivity contribution is -0.192. The summed E-state index contributed by atoms with van der Waals surface area (Å²) in [6, 6.07) is 12.4. The number of carbonyl (C=O) groups excluding carboxylic acids is 1. The molecule has 0 radical (unpaired) electrons. The van der Waals surface area contributed by atoms with E-state index in [1.165, 1.54) is 24.3 Å². The average Bonchev–Trinajstić information content (AvgIpc) is 3.45. The zero-order chi connectivity index (χ0) is 29.5. The van der Waals surface area contributed by atoms with Crippen molar-refractivity contribution in [3.05, 3.63) is 54.1 Å². The number of amides is 1. The largest absolute Gasteiger partial charge is 0.490 e. The molecular weight excluding hydrogens is 557 g/mol. The monoisotopic (exact) mass is 586 g/mol. The van der Waals surface area contributed by atoms with E-state index in [9.17, 15) is 36.3 Å². The number of hydrogen-bond donors (Lipinski definition) is 3. The number of rotatable bonds is 7. The summed E-state index contributed by atoms with van der Waals surface area (Å²) in [6.45, 7) is 4.56. The molecule has 11 nitrogen and oxygen atoms in total. The molecule has 4 rings (SSSR count). The van der Waals surface area contributed by atoms with Crippen LogP contribution >= 0.6 is 0 Å². The van der Waals surface area contributed by atoms with Gasteiger partial charge in [0.1, 0.15) is 0 Å². The Kier molecular flexibility index (Phi) is 9.98. The Morgan fingerprint density at radius 2 is 1.45 bits per heavy atom. The molecule has 2 fully saturated rings. The van der Waals surface area contributed by atoms with Crippen molar-refractivity contribution < 1.29 is 46.2 Å². The lowest BCUT2D eigenvalue weighted by Gasteiger charge is -2.37. The minimum Gasteiger partial charge on any atom is -0.478 e. The average molecular weight is 587 g/mol. The molecule has 0 aliphatic carbocycles. The first kappa shape index (κ1) is 30.7. The SMILES string of the molecule is O=C(O)C(F)(F)F.O=C(O)c1ccc(N2CCN(CC(=O)N3CCCC3)CC2)c(NS(=O)(=O)c2ccccc2)c1.